The molecule has 0 aromatic heterocycles. The van der Waals surface area contributed by atoms with E-state index in [1.807, 2.05) is 0 Å². The van der Waals surface area contributed by atoms with Gasteiger partial charge in [-0.1, -0.05) is 6.58 Å². The Labute approximate surface area is 139 Å². The van der Waals surface area contributed by atoms with Crippen LogP contribution in [0.4, 0.5) is 15.8 Å². The fraction of sp³-hybridized carbons (Fsp3) is 0.471. The molecule has 1 saturated carbocycles. The summed E-state index contributed by atoms with van der Waals surface area (Å²) in [5.74, 6) is -1.10. The molecule has 0 spiro atoms. The first-order valence-electron chi connectivity index (χ1n) is 7.95. The van der Waals surface area contributed by atoms with Gasteiger partial charge < -0.3 is 10.5 Å². The van der Waals surface area contributed by atoms with Crippen molar-refractivity contribution in [2.75, 3.05) is 12.3 Å². The van der Waals surface area contributed by atoms with Crippen LogP contribution in [0.2, 0.25) is 0 Å². The van der Waals surface area contributed by atoms with Crippen LogP contribution < -0.4 is 5.73 Å². The van der Waals surface area contributed by atoms with Crippen LogP contribution in [0.15, 0.2) is 18.7 Å². The van der Waals surface area contributed by atoms with Gasteiger partial charge in [0.15, 0.2) is 5.82 Å². The second-order valence-corrected chi connectivity index (χ2v) is 5.94. The Morgan fingerprint density at radius 2 is 1.96 bits per heavy atom. The van der Waals surface area contributed by atoms with Gasteiger partial charge in [-0.25, -0.2) is 4.39 Å². The molecule has 0 unspecified atom stereocenters. The number of esters is 1. The Hall–Kier alpha value is -2.44. The van der Waals surface area contributed by atoms with Gasteiger partial charge in [-0.3, -0.25) is 14.9 Å². The van der Waals surface area contributed by atoms with Gasteiger partial charge >= 0.3 is 5.97 Å². The van der Waals surface area contributed by atoms with Crippen molar-refractivity contribution in [3.63, 3.8) is 0 Å². The average Bonchev–Trinajstić information content (AvgIpc) is 2.56. The van der Waals surface area contributed by atoms with Crippen molar-refractivity contribution in [1.82, 2.24) is 0 Å². The lowest BCUT2D eigenvalue weighted by atomic mass is 9.77. The third-order valence-corrected chi connectivity index (χ3v) is 4.54. The van der Waals surface area contributed by atoms with Gasteiger partial charge in [0.1, 0.15) is 5.69 Å². The van der Waals surface area contributed by atoms with Gasteiger partial charge in [0, 0.05) is 11.6 Å². The zero-order valence-electron chi connectivity index (χ0n) is 13.6. The minimum absolute atomic E-state index is 0.0195. The largest absolute Gasteiger partial charge is 0.466 e. The summed E-state index contributed by atoms with van der Waals surface area (Å²) in [6.45, 7) is 6.08. The molecule has 130 valence electrons. The summed E-state index contributed by atoms with van der Waals surface area (Å²) >= 11 is 0. The summed E-state index contributed by atoms with van der Waals surface area (Å²) < 4.78 is 19.4. The van der Waals surface area contributed by atoms with Crippen LogP contribution in [-0.4, -0.2) is 17.5 Å². The molecule has 1 fully saturated rings. The maximum atomic E-state index is 14.4. The molecule has 0 saturated heterocycles. The van der Waals surface area contributed by atoms with E-state index in [1.54, 1.807) is 6.92 Å². The number of allylic oxidation sites excluding steroid dienone is 1. The van der Waals surface area contributed by atoms with E-state index in [2.05, 4.69) is 6.58 Å². The monoisotopic (exact) mass is 336 g/mol. The molecule has 24 heavy (non-hydrogen) atoms. The minimum atomic E-state index is -0.804. The summed E-state index contributed by atoms with van der Waals surface area (Å²) in [6.07, 6.45) is 2.70. The molecule has 0 amide bonds. The number of nitro groups is 1. The van der Waals surface area contributed by atoms with Crippen molar-refractivity contribution in [1.29, 1.82) is 0 Å². The molecule has 1 aromatic carbocycles. The molecular weight excluding hydrogens is 315 g/mol. The predicted molar refractivity (Wildman–Crippen MR) is 88.6 cm³/mol. The number of hydrogen-bond donors (Lipinski definition) is 1. The fourth-order valence-electron chi connectivity index (χ4n) is 3.15. The molecular formula is C17H21FN2O4. The topological polar surface area (TPSA) is 95.5 Å². The van der Waals surface area contributed by atoms with Gasteiger partial charge in [-0.05, 0) is 50.2 Å². The molecule has 0 aliphatic heterocycles. The summed E-state index contributed by atoms with van der Waals surface area (Å²) in [6, 6.07) is 2.55. The van der Waals surface area contributed by atoms with Crippen LogP contribution in [0.25, 0.3) is 5.57 Å². The van der Waals surface area contributed by atoms with E-state index in [0.29, 0.717) is 37.9 Å². The molecule has 2 rings (SSSR count). The molecule has 1 aliphatic carbocycles. The molecule has 2 N–H and O–H groups in total. The normalized spacial score (nSPS) is 20.4. The Bertz CT molecular complexity index is 667. The van der Waals surface area contributed by atoms with E-state index in [1.165, 1.54) is 12.1 Å². The smallest absolute Gasteiger partial charge is 0.308 e. The van der Waals surface area contributed by atoms with E-state index in [-0.39, 0.29) is 23.4 Å². The van der Waals surface area contributed by atoms with Gasteiger partial charge in [0.05, 0.1) is 17.4 Å². The van der Waals surface area contributed by atoms with E-state index >= 15 is 0 Å². The Balaban J connectivity index is 2.10. The zero-order valence-corrected chi connectivity index (χ0v) is 13.6. The van der Waals surface area contributed by atoms with Crippen LogP contribution in [0.5, 0.6) is 0 Å². The molecule has 7 heteroatoms. The van der Waals surface area contributed by atoms with E-state index in [0.717, 1.165) is 0 Å². The van der Waals surface area contributed by atoms with E-state index in [9.17, 15) is 19.3 Å². The molecule has 0 radical (unpaired) electrons. The number of halogens is 1. The third-order valence-electron chi connectivity index (χ3n) is 4.54. The summed E-state index contributed by atoms with van der Waals surface area (Å²) in [4.78, 5) is 21.8. The highest BCUT2D eigenvalue weighted by Crippen LogP contribution is 2.39. The van der Waals surface area contributed by atoms with Gasteiger partial charge in [0.2, 0.25) is 0 Å². The molecule has 1 aromatic rings. The first-order valence-corrected chi connectivity index (χ1v) is 7.95. The van der Waals surface area contributed by atoms with Crippen LogP contribution in [-0.2, 0) is 9.53 Å². The molecule has 0 heterocycles. The van der Waals surface area contributed by atoms with Crippen LogP contribution in [0, 0.1) is 27.8 Å². The number of nitrogens with zero attached hydrogens (tertiary/aromatic N) is 1. The lowest BCUT2D eigenvalue weighted by Crippen LogP contribution is -2.24. The highest BCUT2D eigenvalue weighted by molar-refractivity contribution is 5.75. The highest BCUT2D eigenvalue weighted by Gasteiger charge is 2.30. The SMILES string of the molecule is C=C(c1ccc([N+](=O)[O-])c(N)c1F)[C@H]1CC[C@@H](C(=O)OCC)CC1. The van der Waals surface area contributed by atoms with Crippen LogP contribution in [0.1, 0.15) is 38.2 Å². The predicted octanol–water partition coefficient (Wildman–Crippen LogP) is 3.70. The number of nitrogens with two attached hydrogens (primary N) is 1. The zero-order chi connectivity index (χ0) is 17.9. The second kappa shape index (κ2) is 7.42. The lowest BCUT2D eigenvalue weighted by Gasteiger charge is -2.28. The van der Waals surface area contributed by atoms with Gasteiger partial charge in [-0.2, -0.15) is 0 Å². The average molecular weight is 336 g/mol. The molecule has 0 bridgehead atoms. The Kier molecular flexibility index (Phi) is 5.54. The van der Waals surface area contributed by atoms with E-state index in [4.69, 9.17) is 10.5 Å². The molecule has 1 aliphatic rings. The maximum Gasteiger partial charge on any atom is 0.308 e. The van der Waals surface area contributed by atoms with Crippen LogP contribution in [0.3, 0.4) is 0 Å². The van der Waals surface area contributed by atoms with E-state index < -0.39 is 22.1 Å². The molecule has 6 nitrogen and oxygen atoms in total. The first kappa shape index (κ1) is 17.9. The standard InChI is InChI=1S/C17H21FN2O4/c1-3-24-17(21)12-6-4-11(5-7-12)10(2)13-8-9-14(20(22)23)16(19)15(13)18/h8-9,11-12H,2-7,19H2,1H3/t11-,12+. The Morgan fingerprint density at radius 1 is 1.38 bits per heavy atom. The number of nitro benzene ring substituents is 1. The number of ether oxygens (including phenoxy) is 1. The second-order valence-electron chi connectivity index (χ2n) is 5.94. The number of carbonyl (C=O) groups excluding carboxylic acids is 1. The number of carbonyl (C=O) groups is 1. The van der Waals surface area contributed by atoms with Crippen LogP contribution >= 0.6 is 0 Å². The number of anilines is 1. The number of hydrogen-bond acceptors (Lipinski definition) is 5. The van der Waals surface area contributed by atoms with Crippen molar-refractivity contribution >= 4 is 22.9 Å². The van der Waals surface area contributed by atoms with Gasteiger partial charge in [-0.15, -0.1) is 0 Å². The van der Waals surface area contributed by atoms with Gasteiger partial charge in [0.25, 0.3) is 5.69 Å². The van der Waals surface area contributed by atoms with Crippen molar-refractivity contribution < 1.29 is 18.8 Å². The maximum absolute atomic E-state index is 14.4. The first-order chi connectivity index (χ1) is 11.4. The summed E-state index contributed by atoms with van der Waals surface area (Å²) in [5.41, 5.74) is 5.38. The number of rotatable bonds is 5. The third kappa shape index (κ3) is 3.55. The van der Waals surface area contributed by atoms with Crippen molar-refractivity contribution in [2.24, 2.45) is 11.8 Å². The number of benzene rings is 1. The quantitative estimate of drug-likeness (QED) is 0.383. The number of nitrogen functional groups attached to an aromatic ring is 1. The van der Waals surface area contributed by atoms with Crippen molar-refractivity contribution in [3.8, 4) is 0 Å². The lowest BCUT2D eigenvalue weighted by molar-refractivity contribution is -0.384. The highest BCUT2D eigenvalue weighted by atomic mass is 19.1. The molecule has 0 atom stereocenters. The summed E-state index contributed by atoms with van der Waals surface area (Å²) in [7, 11) is 0. The summed E-state index contributed by atoms with van der Waals surface area (Å²) in [5, 5.41) is 10.8. The van der Waals surface area contributed by atoms with Crippen molar-refractivity contribution in [3.05, 3.63) is 40.2 Å². The Morgan fingerprint density at radius 3 is 2.50 bits per heavy atom. The van der Waals surface area contributed by atoms with Crippen molar-refractivity contribution in [2.45, 2.75) is 32.6 Å². The fourth-order valence-corrected chi connectivity index (χ4v) is 3.15. The minimum Gasteiger partial charge on any atom is -0.466 e.